The molecule has 3 nitrogen and oxygen atoms in total. The molecular weight excluding hydrogens is 144 g/mol. The number of hydrogen-bond donors (Lipinski definition) is 1. The van der Waals surface area contributed by atoms with Crippen molar-refractivity contribution in [3.05, 3.63) is 30.3 Å². The minimum atomic E-state index is -0.0267. The van der Waals surface area contributed by atoms with E-state index in [9.17, 15) is 0 Å². The zero-order valence-corrected chi connectivity index (χ0v) is 5.74. The summed E-state index contributed by atoms with van der Waals surface area (Å²) in [6.07, 6.45) is 0. The SMILES string of the molecule is O.Oc1cc2ccccc2o1. The van der Waals surface area contributed by atoms with Crippen molar-refractivity contribution < 1.29 is 15.0 Å². The third-order valence-corrected chi connectivity index (χ3v) is 1.41. The molecule has 0 aliphatic carbocycles. The van der Waals surface area contributed by atoms with Crippen molar-refractivity contribution in [1.82, 2.24) is 0 Å². The Hall–Kier alpha value is -1.48. The highest BCUT2D eigenvalue weighted by Gasteiger charge is 1.97. The number of hydrogen-bond acceptors (Lipinski definition) is 2. The topological polar surface area (TPSA) is 64.9 Å². The number of benzene rings is 1. The van der Waals surface area contributed by atoms with Gasteiger partial charge in [0.2, 0.25) is 0 Å². The van der Waals surface area contributed by atoms with Gasteiger partial charge < -0.3 is 15.0 Å². The minimum Gasteiger partial charge on any atom is -0.481 e. The van der Waals surface area contributed by atoms with Crippen LogP contribution < -0.4 is 0 Å². The molecule has 0 atom stereocenters. The van der Waals surface area contributed by atoms with Crippen LogP contribution in [0.2, 0.25) is 0 Å². The van der Waals surface area contributed by atoms with Crippen molar-refractivity contribution in [1.29, 1.82) is 0 Å². The molecule has 1 aromatic carbocycles. The summed E-state index contributed by atoms with van der Waals surface area (Å²) in [5.74, 6) is -0.0267. The predicted octanol–water partition coefficient (Wildman–Crippen LogP) is 1.31. The molecule has 0 saturated heterocycles. The van der Waals surface area contributed by atoms with Crippen LogP contribution in [0.1, 0.15) is 0 Å². The van der Waals surface area contributed by atoms with Crippen LogP contribution >= 0.6 is 0 Å². The fourth-order valence-corrected chi connectivity index (χ4v) is 0.968. The lowest BCUT2D eigenvalue weighted by Gasteiger charge is -1.81. The zero-order chi connectivity index (χ0) is 6.97. The summed E-state index contributed by atoms with van der Waals surface area (Å²) in [6, 6.07) is 9.06. The van der Waals surface area contributed by atoms with Gasteiger partial charge in [0.25, 0.3) is 5.95 Å². The van der Waals surface area contributed by atoms with Crippen LogP contribution in [0.25, 0.3) is 11.0 Å². The molecule has 0 amide bonds. The summed E-state index contributed by atoms with van der Waals surface area (Å²) in [6.45, 7) is 0. The molecule has 1 heterocycles. The summed E-state index contributed by atoms with van der Waals surface area (Å²) in [5.41, 5.74) is 0.722. The maximum atomic E-state index is 8.89. The number of fused-ring (bicyclic) bond motifs is 1. The number of para-hydroxylation sites is 1. The molecule has 11 heavy (non-hydrogen) atoms. The first-order valence-electron chi connectivity index (χ1n) is 3.04. The first-order chi connectivity index (χ1) is 4.86. The van der Waals surface area contributed by atoms with Crippen LogP contribution in [0.3, 0.4) is 0 Å². The average molecular weight is 152 g/mol. The van der Waals surface area contributed by atoms with Crippen LogP contribution in [-0.2, 0) is 0 Å². The van der Waals surface area contributed by atoms with E-state index in [4.69, 9.17) is 9.52 Å². The van der Waals surface area contributed by atoms with E-state index in [0.29, 0.717) is 0 Å². The molecule has 2 aromatic rings. The Kier molecular flexibility index (Phi) is 1.83. The Balaban J connectivity index is 0.000000605. The quantitative estimate of drug-likeness (QED) is 0.618. The van der Waals surface area contributed by atoms with Gasteiger partial charge in [-0.1, -0.05) is 18.2 Å². The molecule has 0 saturated carbocycles. The van der Waals surface area contributed by atoms with Crippen LogP contribution in [0, 0.1) is 0 Å². The monoisotopic (exact) mass is 152 g/mol. The lowest BCUT2D eigenvalue weighted by Crippen LogP contribution is -1.57. The van der Waals surface area contributed by atoms with E-state index < -0.39 is 0 Å². The van der Waals surface area contributed by atoms with E-state index in [2.05, 4.69) is 0 Å². The van der Waals surface area contributed by atoms with E-state index in [-0.39, 0.29) is 11.4 Å². The summed E-state index contributed by atoms with van der Waals surface area (Å²) in [7, 11) is 0. The second-order valence-electron chi connectivity index (χ2n) is 2.12. The van der Waals surface area contributed by atoms with E-state index >= 15 is 0 Å². The molecule has 1 aromatic heterocycles. The number of rotatable bonds is 0. The Morgan fingerprint density at radius 1 is 1.18 bits per heavy atom. The van der Waals surface area contributed by atoms with Gasteiger partial charge in [0, 0.05) is 11.5 Å². The first kappa shape index (κ1) is 7.63. The second-order valence-corrected chi connectivity index (χ2v) is 2.12. The van der Waals surface area contributed by atoms with Crippen LogP contribution in [0.15, 0.2) is 34.7 Å². The molecule has 0 unspecified atom stereocenters. The maximum absolute atomic E-state index is 8.89. The Morgan fingerprint density at radius 3 is 2.64 bits per heavy atom. The predicted molar refractivity (Wildman–Crippen MR) is 41.5 cm³/mol. The molecule has 2 rings (SSSR count). The van der Waals surface area contributed by atoms with Gasteiger partial charge >= 0.3 is 0 Å². The molecule has 0 aliphatic heterocycles. The Bertz CT molecular complexity index is 318. The molecule has 0 aliphatic rings. The van der Waals surface area contributed by atoms with E-state index in [1.807, 2.05) is 24.3 Å². The van der Waals surface area contributed by atoms with Gasteiger partial charge in [0.05, 0.1) is 0 Å². The fourth-order valence-electron chi connectivity index (χ4n) is 0.968. The van der Waals surface area contributed by atoms with Crippen molar-refractivity contribution >= 4 is 11.0 Å². The van der Waals surface area contributed by atoms with Crippen LogP contribution in [-0.4, -0.2) is 10.6 Å². The van der Waals surface area contributed by atoms with Crippen molar-refractivity contribution in [2.24, 2.45) is 0 Å². The average Bonchev–Trinajstić information content (AvgIpc) is 2.27. The lowest BCUT2D eigenvalue weighted by atomic mass is 10.3. The van der Waals surface area contributed by atoms with Crippen LogP contribution in [0.4, 0.5) is 0 Å². The standard InChI is InChI=1S/C8H6O2.H2O/c9-8-5-6-3-1-2-4-7(6)10-8;/h1-5,9H;1H2. The molecule has 0 spiro atoms. The van der Waals surface area contributed by atoms with Gasteiger partial charge in [0.1, 0.15) is 5.58 Å². The molecule has 3 heteroatoms. The van der Waals surface area contributed by atoms with Gasteiger partial charge in [-0.15, -0.1) is 0 Å². The minimum absolute atomic E-state index is 0. The number of furan rings is 1. The number of aromatic hydroxyl groups is 1. The van der Waals surface area contributed by atoms with Crippen molar-refractivity contribution in [3.63, 3.8) is 0 Å². The molecule has 58 valence electrons. The molecule has 3 N–H and O–H groups in total. The molecule has 0 bridgehead atoms. The third-order valence-electron chi connectivity index (χ3n) is 1.41. The van der Waals surface area contributed by atoms with Gasteiger partial charge in [-0.05, 0) is 6.07 Å². The summed E-state index contributed by atoms with van der Waals surface area (Å²) >= 11 is 0. The summed E-state index contributed by atoms with van der Waals surface area (Å²) in [5, 5.41) is 9.82. The van der Waals surface area contributed by atoms with Gasteiger partial charge in [-0.25, -0.2) is 0 Å². The van der Waals surface area contributed by atoms with Gasteiger partial charge in [-0.2, -0.15) is 0 Å². The van der Waals surface area contributed by atoms with Crippen molar-refractivity contribution in [2.75, 3.05) is 0 Å². The zero-order valence-electron chi connectivity index (χ0n) is 5.74. The second kappa shape index (κ2) is 2.64. The van der Waals surface area contributed by atoms with Crippen LogP contribution in [0.5, 0.6) is 5.95 Å². The van der Waals surface area contributed by atoms with Gasteiger partial charge in [0.15, 0.2) is 0 Å². The highest BCUT2D eigenvalue weighted by atomic mass is 16.5. The van der Waals surface area contributed by atoms with E-state index in [1.54, 1.807) is 6.07 Å². The Morgan fingerprint density at radius 2 is 1.91 bits per heavy atom. The van der Waals surface area contributed by atoms with E-state index in [0.717, 1.165) is 11.0 Å². The largest absolute Gasteiger partial charge is 0.481 e. The highest BCUT2D eigenvalue weighted by molar-refractivity contribution is 5.78. The Labute approximate surface area is 63.2 Å². The van der Waals surface area contributed by atoms with E-state index in [1.165, 1.54) is 0 Å². The normalized spacial score (nSPS) is 9.45. The third kappa shape index (κ3) is 1.18. The highest BCUT2D eigenvalue weighted by Crippen LogP contribution is 2.22. The molecule has 0 radical (unpaired) electrons. The fraction of sp³-hybridized carbons (Fsp3) is 0. The van der Waals surface area contributed by atoms with Gasteiger partial charge in [-0.3, -0.25) is 0 Å². The maximum Gasteiger partial charge on any atom is 0.282 e. The molecule has 0 fully saturated rings. The van der Waals surface area contributed by atoms with Crippen molar-refractivity contribution in [3.8, 4) is 5.95 Å². The van der Waals surface area contributed by atoms with Crippen molar-refractivity contribution in [2.45, 2.75) is 0 Å². The smallest absolute Gasteiger partial charge is 0.282 e. The first-order valence-corrected chi connectivity index (χ1v) is 3.04. The summed E-state index contributed by atoms with van der Waals surface area (Å²) < 4.78 is 4.92. The summed E-state index contributed by atoms with van der Waals surface area (Å²) in [4.78, 5) is 0. The molecular formula is C8H8O3. The lowest BCUT2D eigenvalue weighted by molar-refractivity contribution is 0.346.